The van der Waals surface area contributed by atoms with E-state index in [4.69, 9.17) is 23.7 Å². The summed E-state index contributed by atoms with van der Waals surface area (Å²) in [5, 5.41) is 1.43. The second-order valence-electron chi connectivity index (χ2n) is 9.35. The van der Waals surface area contributed by atoms with Crippen LogP contribution in [0.4, 0.5) is 0 Å². The molecule has 3 rings (SSSR count). The maximum Gasteiger partial charge on any atom is 0.303 e. The molecule has 174 valence electrons. The second kappa shape index (κ2) is 9.48. The third-order valence-electron chi connectivity index (χ3n) is 5.92. The molecule has 7 atom stereocenters. The zero-order valence-corrected chi connectivity index (χ0v) is 22.0. The molecule has 2 heterocycles. The quantitative estimate of drug-likeness (QED) is 0.159. The van der Waals surface area contributed by atoms with Gasteiger partial charge in [0.15, 0.2) is 18.5 Å². The predicted octanol–water partition coefficient (Wildman–Crippen LogP) is 2.78. The molecule has 0 radical (unpaired) electrons. The van der Waals surface area contributed by atoms with Gasteiger partial charge < -0.3 is 23.7 Å². The summed E-state index contributed by atoms with van der Waals surface area (Å²) < 4.78 is 29.9. The van der Waals surface area contributed by atoms with Crippen LogP contribution < -0.4 is 0 Å². The van der Waals surface area contributed by atoms with Crippen molar-refractivity contribution in [3.8, 4) is 0 Å². The Kier molecular flexibility index (Phi) is 7.54. The lowest BCUT2D eigenvalue weighted by atomic mass is 9.85. The van der Waals surface area contributed by atoms with Gasteiger partial charge in [-0.25, -0.2) is 0 Å². The minimum Gasteiger partial charge on any atom is -0.463 e. The highest BCUT2D eigenvalue weighted by Gasteiger charge is 2.60. The third kappa shape index (κ3) is 5.17. The van der Waals surface area contributed by atoms with Crippen LogP contribution in [0.2, 0.25) is 19.6 Å². The van der Waals surface area contributed by atoms with E-state index in [9.17, 15) is 14.4 Å². The van der Waals surface area contributed by atoms with E-state index in [1.807, 2.05) is 0 Å². The number of halogens is 1. The van der Waals surface area contributed by atoms with Crippen LogP contribution in [0.5, 0.6) is 0 Å². The largest absolute Gasteiger partial charge is 0.463 e. The summed E-state index contributed by atoms with van der Waals surface area (Å²) in [6.07, 6.45) is -2.38. The fourth-order valence-electron chi connectivity index (χ4n) is 5.13. The molecule has 0 saturated carbocycles. The van der Waals surface area contributed by atoms with Gasteiger partial charge in [0.25, 0.3) is 0 Å². The molecule has 8 nitrogen and oxygen atoms in total. The van der Waals surface area contributed by atoms with E-state index in [1.165, 1.54) is 26.0 Å². The van der Waals surface area contributed by atoms with Gasteiger partial charge in [-0.2, -0.15) is 0 Å². The summed E-state index contributed by atoms with van der Waals surface area (Å²) in [6, 6.07) is 0. The summed E-state index contributed by atoms with van der Waals surface area (Å²) in [5.41, 5.74) is 1.15. The number of hydrogen-bond donors (Lipinski definition) is 0. The van der Waals surface area contributed by atoms with Crippen molar-refractivity contribution in [2.45, 2.75) is 77.5 Å². The zero-order valence-electron chi connectivity index (χ0n) is 18.8. The summed E-state index contributed by atoms with van der Waals surface area (Å²) in [6.45, 7) is 10.7. The van der Waals surface area contributed by atoms with Crippen molar-refractivity contribution < 1.29 is 38.1 Å². The van der Waals surface area contributed by atoms with Gasteiger partial charge in [0.1, 0.15) is 12.7 Å². The van der Waals surface area contributed by atoms with E-state index in [1.54, 1.807) is 0 Å². The average molecular weight is 566 g/mol. The van der Waals surface area contributed by atoms with Crippen molar-refractivity contribution in [2.75, 3.05) is 11.0 Å². The van der Waals surface area contributed by atoms with E-state index < -0.39 is 50.6 Å². The minimum atomic E-state index is -1.72. The van der Waals surface area contributed by atoms with E-state index in [0.29, 0.717) is 5.92 Å². The van der Waals surface area contributed by atoms with Gasteiger partial charge >= 0.3 is 17.9 Å². The smallest absolute Gasteiger partial charge is 0.303 e. The molecule has 10 heteroatoms. The predicted molar refractivity (Wildman–Crippen MR) is 122 cm³/mol. The first kappa shape index (κ1) is 24.7. The Morgan fingerprint density at radius 2 is 1.61 bits per heavy atom. The summed E-state index contributed by atoms with van der Waals surface area (Å²) in [4.78, 5) is 35.3. The van der Waals surface area contributed by atoms with Gasteiger partial charge in [-0.3, -0.25) is 14.4 Å². The molecule has 0 unspecified atom stereocenters. The molecule has 3 aliphatic rings. The monoisotopic (exact) mass is 566 g/mol. The number of carbonyl (C=O) groups is 3. The van der Waals surface area contributed by atoms with Crippen LogP contribution >= 0.6 is 22.6 Å². The standard InChI is InChI=1S/C21H31IO8Si/c1-10(23)26-9-15-18(27-11(2)24)19(28-12(3)25)17-16-14(29-21(17)30-15)7-13(8-22)20(16)31(4,5)6/h13-15,17-19,21H,7-9H2,1-6H3/t13-,14-,15+,17+,18+,19+,21-/m0/s1. The molecular weight excluding hydrogens is 535 g/mol. The van der Waals surface area contributed by atoms with E-state index in [2.05, 4.69) is 42.2 Å². The van der Waals surface area contributed by atoms with Gasteiger partial charge in [-0.1, -0.05) is 47.4 Å². The van der Waals surface area contributed by atoms with Gasteiger partial charge in [0.05, 0.1) is 20.1 Å². The van der Waals surface area contributed by atoms with Crippen LogP contribution in [0, 0.1) is 11.8 Å². The molecular formula is C21H31IO8Si. The topological polar surface area (TPSA) is 97.4 Å². The van der Waals surface area contributed by atoms with Gasteiger partial charge in [-0.05, 0) is 17.9 Å². The molecule has 0 N–H and O–H groups in total. The van der Waals surface area contributed by atoms with Gasteiger partial charge in [0.2, 0.25) is 0 Å². The molecule has 0 aromatic rings. The zero-order chi connectivity index (χ0) is 23.1. The highest BCUT2D eigenvalue weighted by atomic mass is 127. The lowest BCUT2D eigenvalue weighted by Crippen LogP contribution is -2.58. The first-order valence-electron chi connectivity index (χ1n) is 10.5. The SMILES string of the molecule is CC(=O)OC[C@H]1O[C@@H]2O[C@H]3C[C@@H](CI)C([Si](C)(C)C)=C3[C@@H]2[C@@H](OC(C)=O)[C@@H]1OC(C)=O. The minimum absolute atomic E-state index is 0.111. The Morgan fingerprint density at radius 3 is 2.13 bits per heavy atom. The van der Waals surface area contributed by atoms with Crippen molar-refractivity contribution in [3.63, 3.8) is 0 Å². The third-order valence-corrected chi connectivity index (χ3v) is 9.29. The fraction of sp³-hybridized carbons (Fsp3) is 0.762. The van der Waals surface area contributed by atoms with Gasteiger partial charge in [0, 0.05) is 25.2 Å². The summed E-state index contributed by atoms with van der Waals surface area (Å²) in [7, 11) is -1.72. The first-order valence-corrected chi connectivity index (χ1v) is 15.6. The Labute approximate surface area is 197 Å². The number of rotatable bonds is 6. The molecule has 1 aliphatic carbocycles. The maximum absolute atomic E-state index is 12.1. The Bertz CT molecular complexity index is 776. The molecule has 2 saturated heterocycles. The highest BCUT2D eigenvalue weighted by molar-refractivity contribution is 14.1. The number of alkyl halides is 1. The Hall–Kier alpha value is -0.983. The van der Waals surface area contributed by atoms with Crippen LogP contribution in [0.3, 0.4) is 0 Å². The van der Waals surface area contributed by atoms with E-state index >= 15 is 0 Å². The molecule has 2 aliphatic heterocycles. The number of hydrogen-bond acceptors (Lipinski definition) is 8. The number of ether oxygens (including phenoxy) is 5. The molecule has 31 heavy (non-hydrogen) atoms. The lowest BCUT2D eigenvalue weighted by Gasteiger charge is -2.43. The number of esters is 3. The Morgan fingerprint density at radius 1 is 1.00 bits per heavy atom. The van der Waals surface area contributed by atoms with Gasteiger partial charge in [-0.15, -0.1) is 0 Å². The summed E-state index contributed by atoms with van der Waals surface area (Å²) in [5.74, 6) is -1.42. The lowest BCUT2D eigenvalue weighted by molar-refractivity contribution is -0.272. The van der Waals surface area contributed by atoms with Crippen LogP contribution in [0.1, 0.15) is 27.2 Å². The van der Waals surface area contributed by atoms with Crippen LogP contribution in [-0.4, -0.2) is 67.7 Å². The average Bonchev–Trinajstić information content (AvgIpc) is 3.15. The van der Waals surface area contributed by atoms with Crippen LogP contribution in [0.15, 0.2) is 10.8 Å². The maximum atomic E-state index is 12.1. The molecule has 0 spiro atoms. The van der Waals surface area contributed by atoms with E-state index in [0.717, 1.165) is 16.4 Å². The molecule has 0 amide bonds. The number of allylic oxidation sites excluding steroid dienone is 1. The fourth-order valence-corrected chi connectivity index (χ4v) is 8.98. The highest BCUT2D eigenvalue weighted by Crippen LogP contribution is 2.53. The van der Waals surface area contributed by atoms with Crippen molar-refractivity contribution in [3.05, 3.63) is 10.8 Å². The molecule has 0 aromatic carbocycles. The normalized spacial score (nSPS) is 34.7. The number of carbonyl (C=O) groups excluding carboxylic acids is 3. The molecule has 0 aromatic heterocycles. The van der Waals surface area contributed by atoms with Crippen LogP contribution in [-0.2, 0) is 38.1 Å². The Balaban J connectivity index is 2.07. The molecule has 0 bridgehead atoms. The summed E-state index contributed by atoms with van der Waals surface area (Å²) >= 11 is 2.42. The van der Waals surface area contributed by atoms with Crippen molar-refractivity contribution in [1.29, 1.82) is 0 Å². The van der Waals surface area contributed by atoms with Crippen molar-refractivity contribution in [1.82, 2.24) is 0 Å². The van der Waals surface area contributed by atoms with Crippen molar-refractivity contribution in [2.24, 2.45) is 11.8 Å². The molecule has 2 fully saturated rings. The second-order valence-corrected chi connectivity index (χ2v) is 15.3. The van der Waals surface area contributed by atoms with Crippen LogP contribution in [0.25, 0.3) is 0 Å². The first-order chi connectivity index (χ1) is 14.4. The van der Waals surface area contributed by atoms with Crippen molar-refractivity contribution >= 4 is 48.6 Å². The van der Waals surface area contributed by atoms with E-state index in [-0.39, 0.29) is 18.6 Å². The number of fused-ring (bicyclic) bond motifs is 3.